The molecule has 0 saturated carbocycles. The van der Waals surface area contributed by atoms with Gasteiger partial charge in [0.1, 0.15) is 0 Å². The molecule has 14 heavy (non-hydrogen) atoms. The minimum Gasteiger partial charge on any atom is -0.352 e. The van der Waals surface area contributed by atoms with Crippen LogP contribution in [0.2, 0.25) is 0 Å². The van der Waals surface area contributed by atoms with Crippen LogP contribution in [0.5, 0.6) is 0 Å². The van der Waals surface area contributed by atoms with E-state index >= 15 is 0 Å². The number of carbonyl (C=O) groups excluding carboxylic acids is 1. The Kier molecular flexibility index (Phi) is 4.25. The van der Waals surface area contributed by atoms with Crippen LogP contribution < -0.4 is 5.32 Å². The lowest BCUT2D eigenvalue weighted by Gasteiger charge is -2.09. The summed E-state index contributed by atoms with van der Waals surface area (Å²) in [5.41, 5.74) is 0. The van der Waals surface area contributed by atoms with E-state index in [2.05, 4.69) is 5.32 Å². The first-order valence-electron chi connectivity index (χ1n) is 4.52. The Morgan fingerprint density at radius 1 is 1.57 bits per heavy atom. The molecule has 0 spiro atoms. The molecule has 0 unspecified atom stereocenters. The Balaban J connectivity index is 2.29. The Labute approximate surface area is 88.7 Å². The topological polar surface area (TPSA) is 63.2 Å². The van der Waals surface area contributed by atoms with E-state index < -0.39 is 9.84 Å². The van der Waals surface area contributed by atoms with Crippen molar-refractivity contribution in [2.45, 2.75) is 18.9 Å². The van der Waals surface area contributed by atoms with Gasteiger partial charge in [0.2, 0.25) is 5.91 Å². The van der Waals surface area contributed by atoms with Gasteiger partial charge in [-0.1, -0.05) is 0 Å². The summed E-state index contributed by atoms with van der Waals surface area (Å²) in [4.78, 5) is 11.2. The molecule has 1 amide bonds. The maximum absolute atomic E-state index is 11.2. The van der Waals surface area contributed by atoms with E-state index in [9.17, 15) is 13.2 Å². The van der Waals surface area contributed by atoms with E-state index in [1.807, 2.05) is 6.26 Å². The first-order chi connectivity index (χ1) is 6.53. The molecule has 1 fully saturated rings. The van der Waals surface area contributed by atoms with E-state index in [1.165, 1.54) is 0 Å². The average molecular weight is 237 g/mol. The van der Waals surface area contributed by atoms with Crippen LogP contribution in [0.1, 0.15) is 12.8 Å². The van der Waals surface area contributed by atoms with Crippen LogP contribution in [-0.4, -0.2) is 43.9 Å². The van der Waals surface area contributed by atoms with E-state index in [-0.39, 0.29) is 23.5 Å². The zero-order chi connectivity index (χ0) is 10.6. The monoisotopic (exact) mass is 237 g/mol. The first kappa shape index (κ1) is 11.8. The van der Waals surface area contributed by atoms with Crippen molar-refractivity contribution in [3.05, 3.63) is 0 Å². The average Bonchev–Trinajstić information content (AvgIpc) is 2.42. The molecule has 82 valence electrons. The summed E-state index contributed by atoms with van der Waals surface area (Å²) in [6, 6.07) is -0.158. The normalized spacial score (nSPS) is 24.8. The molecule has 1 N–H and O–H groups in total. The Morgan fingerprint density at radius 2 is 2.29 bits per heavy atom. The van der Waals surface area contributed by atoms with Crippen molar-refractivity contribution < 1.29 is 13.2 Å². The van der Waals surface area contributed by atoms with Crippen LogP contribution >= 0.6 is 11.8 Å². The lowest BCUT2D eigenvalue weighted by Crippen LogP contribution is -2.35. The second-order valence-corrected chi connectivity index (χ2v) is 6.62. The third-order valence-corrected chi connectivity index (χ3v) is 4.51. The van der Waals surface area contributed by atoms with E-state index in [4.69, 9.17) is 0 Å². The molecule has 0 bridgehead atoms. The zero-order valence-corrected chi connectivity index (χ0v) is 9.79. The number of rotatable bonds is 4. The largest absolute Gasteiger partial charge is 0.352 e. The molecule has 0 radical (unpaired) electrons. The van der Waals surface area contributed by atoms with E-state index in [0.717, 1.165) is 5.75 Å². The summed E-state index contributed by atoms with van der Waals surface area (Å²) in [5, 5.41) is 2.74. The SMILES string of the molecule is CSCCC(=O)N[C@@H]1CCS(=O)(=O)C1. The molecule has 1 atom stereocenters. The van der Waals surface area contributed by atoms with Gasteiger partial charge in [-0.05, 0) is 12.7 Å². The van der Waals surface area contributed by atoms with Gasteiger partial charge in [-0.3, -0.25) is 4.79 Å². The molecule has 0 aromatic rings. The highest BCUT2D eigenvalue weighted by molar-refractivity contribution is 7.98. The smallest absolute Gasteiger partial charge is 0.221 e. The Bertz CT molecular complexity index is 300. The highest BCUT2D eigenvalue weighted by Crippen LogP contribution is 2.11. The van der Waals surface area contributed by atoms with Gasteiger partial charge in [-0.25, -0.2) is 8.42 Å². The molecule has 6 heteroatoms. The van der Waals surface area contributed by atoms with Crippen LogP contribution in [0.15, 0.2) is 0 Å². The Morgan fingerprint density at radius 3 is 2.79 bits per heavy atom. The summed E-state index contributed by atoms with van der Waals surface area (Å²) in [5.74, 6) is 1.06. The molecule has 1 aliphatic rings. The molecular weight excluding hydrogens is 222 g/mol. The van der Waals surface area contributed by atoms with E-state index in [1.54, 1.807) is 11.8 Å². The fraction of sp³-hybridized carbons (Fsp3) is 0.875. The van der Waals surface area contributed by atoms with Crippen molar-refractivity contribution in [2.75, 3.05) is 23.5 Å². The molecule has 0 aliphatic carbocycles. The van der Waals surface area contributed by atoms with Crippen LogP contribution in [0, 0.1) is 0 Å². The molecule has 0 aromatic carbocycles. The van der Waals surface area contributed by atoms with Gasteiger partial charge in [0, 0.05) is 18.2 Å². The van der Waals surface area contributed by atoms with Crippen LogP contribution in [0.4, 0.5) is 0 Å². The van der Waals surface area contributed by atoms with Crippen molar-refractivity contribution in [1.29, 1.82) is 0 Å². The number of hydrogen-bond acceptors (Lipinski definition) is 4. The summed E-state index contributed by atoms with van der Waals surface area (Å²) in [6.45, 7) is 0. The minimum atomic E-state index is -2.88. The number of thioether (sulfide) groups is 1. The fourth-order valence-electron chi connectivity index (χ4n) is 1.40. The van der Waals surface area contributed by atoms with Gasteiger partial charge in [0.15, 0.2) is 9.84 Å². The molecule has 1 saturated heterocycles. The van der Waals surface area contributed by atoms with Crippen LogP contribution in [-0.2, 0) is 14.6 Å². The number of hydrogen-bond donors (Lipinski definition) is 1. The predicted molar refractivity (Wildman–Crippen MR) is 58.2 cm³/mol. The van der Waals surface area contributed by atoms with Crippen molar-refractivity contribution in [2.24, 2.45) is 0 Å². The van der Waals surface area contributed by atoms with E-state index in [0.29, 0.717) is 12.8 Å². The van der Waals surface area contributed by atoms with Crippen LogP contribution in [0.3, 0.4) is 0 Å². The van der Waals surface area contributed by atoms with Crippen molar-refractivity contribution in [3.8, 4) is 0 Å². The van der Waals surface area contributed by atoms with Gasteiger partial charge >= 0.3 is 0 Å². The van der Waals surface area contributed by atoms with Gasteiger partial charge < -0.3 is 5.32 Å². The first-order valence-corrected chi connectivity index (χ1v) is 7.74. The second kappa shape index (κ2) is 5.02. The summed E-state index contributed by atoms with van der Waals surface area (Å²) in [7, 11) is -2.88. The molecule has 1 rings (SSSR count). The summed E-state index contributed by atoms with van der Waals surface area (Å²) in [6.07, 6.45) is 2.97. The third kappa shape index (κ3) is 3.88. The summed E-state index contributed by atoms with van der Waals surface area (Å²) >= 11 is 1.61. The number of nitrogens with one attached hydrogen (secondary N) is 1. The minimum absolute atomic E-state index is 0.0403. The van der Waals surface area contributed by atoms with Crippen molar-refractivity contribution in [3.63, 3.8) is 0 Å². The third-order valence-electron chi connectivity index (χ3n) is 2.13. The lowest BCUT2D eigenvalue weighted by atomic mass is 10.2. The summed E-state index contributed by atoms with van der Waals surface area (Å²) < 4.78 is 22.2. The fourth-order valence-corrected chi connectivity index (χ4v) is 3.47. The standard InChI is InChI=1S/C8H15NO3S2/c1-13-4-2-8(10)9-7-3-5-14(11,12)6-7/h7H,2-6H2,1H3,(H,9,10)/t7-/m1/s1. The highest BCUT2D eigenvalue weighted by Gasteiger charge is 2.28. The number of amides is 1. The highest BCUT2D eigenvalue weighted by atomic mass is 32.2. The molecule has 1 heterocycles. The second-order valence-electron chi connectivity index (χ2n) is 3.41. The maximum atomic E-state index is 11.2. The zero-order valence-electron chi connectivity index (χ0n) is 8.15. The maximum Gasteiger partial charge on any atom is 0.221 e. The predicted octanol–water partition coefficient (Wildman–Crippen LogP) is 0.0428. The Hall–Kier alpha value is -0.230. The van der Waals surface area contributed by atoms with Crippen molar-refractivity contribution >= 4 is 27.5 Å². The molecule has 1 aliphatic heterocycles. The number of sulfone groups is 1. The lowest BCUT2D eigenvalue weighted by molar-refractivity contribution is -0.121. The quantitative estimate of drug-likeness (QED) is 0.750. The van der Waals surface area contributed by atoms with Gasteiger partial charge in [0.25, 0.3) is 0 Å². The molecule has 0 aromatic heterocycles. The van der Waals surface area contributed by atoms with Gasteiger partial charge in [-0.2, -0.15) is 11.8 Å². The van der Waals surface area contributed by atoms with Gasteiger partial charge in [-0.15, -0.1) is 0 Å². The molecule has 4 nitrogen and oxygen atoms in total. The van der Waals surface area contributed by atoms with Gasteiger partial charge in [0.05, 0.1) is 11.5 Å². The number of carbonyl (C=O) groups is 1. The molecular formula is C8H15NO3S2. The van der Waals surface area contributed by atoms with Crippen molar-refractivity contribution in [1.82, 2.24) is 5.32 Å². The van der Waals surface area contributed by atoms with Crippen LogP contribution in [0.25, 0.3) is 0 Å².